The average Bonchev–Trinajstić information content (AvgIpc) is 1.50. The maximum Gasteiger partial charge on any atom is 0.268 e. The smallest absolute Gasteiger partial charge is 0.268 e. The summed E-state index contributed by atoms with van der Waals surface area (Å²) in [6.45, 7) is 0.417. The molecule has 0 N–H and O–H groups in total. The van der Waals surface area contributed by atoms with E-state index in [-0.39, 0.29) is 139 Å². The van der Waals surface area contributed by atoms with E-state index in [1.807, 2.05) is 28.8 Å². The van der Waals surface area contributed by atoms with E-state index in [9.17, 15) is 6.85 Å². The number of fused-ring (bicyclic) bond motifs is 10. The number of para-hydroxylation sites is 1. The van der Waals surface area contributed by atoms with Gasteiger partial charge in [0.15, 0.2) is 0 Å². The maximum atomic E-state index is 9.79. The van der Waals surface area contributed by atoms with E-state index in [1.54, 1.807) is 95.7 Å². The second kappa shape index (κ2) is 19.3. The Labute approximate surface area is 497 Å². The zero-order valence-electron chi connectivity index (χ0n) is 61.8. The summed E-state index contributed by atoms with van der Waals surface area (Å²) in [4.78, 5) is 4.84. The Morgan fingerprint density at radius 1 is 0.538 bits per heavy atom. The van der Waals surface area contributed by atoms with Crippen LogP contribution in [0.25, 0.3) is 117 Å². The first-order valence-corrected chi connectivity index (χ1v) is 24.7. The van der Waals surface area contributed by atoms with Crippen molar-refractivity contribution in [1.29, 1.82) is 0 Å². The van der Waals surface area contributed by atoms with E-state index < -0.39 is 86.2 Å². The summed E-state index contributed by atoms with van der Waals surface area (Å²) in [6.07, 6.45) is 5.21. The van der Waals surface area contributed by atoms with E-state index in [4.69, 9.17) is 30.3 Å². The van der Waals surface area contributed by atoms with E-state index >= 15 is 0 Å². The van der Waals surface area contributed by atoms with Gasteiger partial charge in [-0.1, -0.05) is 196 Å². The first-order valence-electron chi connectivity index (χ1n) is 34.7. The molecule has 10 aromatic carbocycles. The van der Waals surface area contributed by atoms with Crippen LogP contribution in [0.3, 0.4) is 0 Å². The Hall–Kier alpha value is -8.89. The summed E-state index contributed by atoms with van der Waals surface area (Å²) in [6, 6.07) is 35.8. The van der Waals surface area contributed by atoms with E-state index in [0.717, 1.165) is 5.56 Å². The molecule has 4 heterocycles. The SMILES string of the molecule is [2H]c1c([2H])c([2H])c(-c2ccc3c(c2)c2ccc(Oc4[c-]c(-n5[c-][n+]6c7c(c(-c8c(C([2H])([2H])[2H])cccc8C([2H])([2H])[2H])ccc75)-c5ccccc5-c5c([2H])c([2H])c([2H])c([2H])c5-c5cccc(-c7c([2H])c([2H])c([2H])c([2H])c7[2H])c5-6)ccc4)[c-]c2n3-c2cc(C(C)(C)C)ccn2)c([2H])c1[2H].[Pt]. The Kier molecular flexibility index (Phi) is 7.75. The molecule has 0 aliphatic carbocycles. The fourth-order valence-corrected chi connectivity index (χ4v) is 10.6. The predicted molar refractivity (Wildman–Crippen MR) is 314 cm³/mol. The van der Waals surface area contributed by atoms with Crippen molar-refractivity contribution in [2.75, 3.05) is 0 Å². The first-order chi connectivity index (χ1) is 45.9. The van der Waals surface area contributed by atoms with Crippen LogP contribution in [0.4, 0.5) is 0 Å². The number of pyridine rings is 1. The van der Waals surface area contributed by atoms with Gasteiger partial charge < -0.3 is 13.9 Å². The molecule has 1 aliphatic rings. The van der Waals surface area contributed by atoms with E-state index in [2.05, 4.69) is 39.2 Å². The van der Waals surface area contributed by atoms with Crippen molar-refractivity contribution in [3.8, 4) is 95.5 Å². The van der Waals surface area contributed by atoms with Crippen LogP contribution >= 0.6 is 0 Å². The number of aromatic nitrogens is 4. The van der Waals surface area contributed by atoms with Crippen molar-refractivity contribution in [3.63, 3.8) is 0 Å². The number of rotatable bonds is 7. The molecule has 3 aromatic heterocycles. The predicted octanol–water partition coefficient (Wildman–Crippen LogP) is 17.8. The Balaban J connectivity index is 0.00000864. The minimum absolute atomic E-state index is 0. The van der Waals surface area contributed by atoms with E-state index in [0.29, 0.717) is 38.7 Å². The average molecular weight is 1200 g/mol. The van der Waals surface area contributed by atoms with Gasteiger partial charge in [0, 0.05) is 52.5 Å². The molecule has 0 saturated carbocycles. The molecule has 14 rings (SSSR count). The van der Waals surface area contributed by atoms with Gasteiger partial charge in [-0.2, -0.15) is 18.2 Å². The zero-order valence-corrected chi connectivity index (χ0v) is 44.1. The van der Waals surface area contributed by atoms with Crippen LogP contribution in [0.5, 0.6) is 11.5 Å². The number of nitrogens with zero attached hydrogens (tertiary/aromatic N) is 4. The van der Waals surface area contributed by atoms with Crippen molar-refractivity contribution >= 4 is 32.8 Å². The Bertz CT molecular complexity index is 5500. The molecule has 0 unspecified atom stereocenters. The van der Waals surface area contributed by atoms with Crippen LogP contribution in [0.2, 0.25) is 0 Å². The Morgan fingerprint density at radius 3 is 1.97 bits per heavy atom. The maximum absolute atomic E-state index is 9.79. The standard InChI is InChI=1S/C72H52N4O.Pt/c1-46-19-16-20-47(2)68(46)62-36-38-65-71-69(62)60-30-15-14-28-57(60)56-27-12-13-29-58(56)61-32-18-31-55(49-23-10-7-11-24-49)70(61)75(71)45-74(65)52-25-17-26-53(43-52)77-54-34-35-59-63-41-50(48-21-8-6-9-22-48)33-37-64(63)76(66(59)44-54)67-42-51(39-40-73-67)72(3,4)5;/h6-42H,1-5H3;/q-2;/i1D3,2D3,6D,7D,8D,9D,10D,11D,12D,13D,21D,22D,23D,24D,27D,29D;. The number of hydrogen-bond donors (Lipinski definition) is 0. The molecule has 0 atom stereocenters. The van der Waals surface area contributed by atoms with Gasteiger partial charge in [-0.3, -0.25) is 4.57 Å². The molecule has 1 aliphatic heterocycles. The van der Waals surface area contributed by atoms with Gasteiger partial charge in [0.1, 0.15) is 5.82 Å². The van der Waals surface area contributed by atoms with Crippen LogP contribution < -0.4 is 9.30 Å². The quantitative estimate of drug-likeness (QED) is 0.118. The van der Waals surface area contributed by atoms with Gasteiger partial charge in [-0.15, -0.1) is 29.7 Å². The number of ether oxygens (including phenoxy) is 1. The number of benzene rings is 10. The fourth-order valence-electron chi connectivity index (χ4n) is 10.6. The van der Waals surface area contributed by atoms with Gasteiger partial charge in [0.25, 0.3) is 6.33 Å². The molecule has 0 spiro atoms. The molecule has 378 valence electrons. The molecule has 78 heavy (non-hydrogen) atoms. The molecule has 0 radical (unpaired) electrons. The van der Waals surface area contributed by atoms with Crippen molar-refractivity contribution < 1.29 is 57.8 Å². The summed E-state index contributed by atoms with van der Waals surface area (Å²) in [5.74, 6) is 0.897. The summed E-state index contributed by atoms with van der Waals surface area (Å²) in [5, 5.41) is 1.32. The summed E-state index contributed by atoms with van der Waals surface area (Å²) >= 11 is 0. The summed E-state index contributed by atoms with van der Waals surface area (Å²) in [5.41, 5.74) is 2.74. The molecule has 0 bridgehead atoms. The molecular weight excluding hydrogens is 1130 g/mol. The molecular formula is C72H52N4OPt-2. The molecule has 6 heteroatoms. The normalized spacial score (nSPS) is 15.8. The second-order valence-corrected chi connectivity index (χ2v) is 19.7. The van der Waals surface area contributed by atoms with Crippen molar-refractivity contribution in [2.24, 2.45) is 0 Å². The Morgan fingerprint density at radius 2 is 1.21 bits per heavy atom. The molecule has 0 amide bonds. The monoisotopic (exact) mass is 1200 g/mol. The van der Waals surface area contributed by atoms with Crippen LogP contribution in [0.1, 0.15) is 64.9 Å². The third kappa shape index (κ3) is 8.11. The van der Waals surface area contributed by atoms with Crippen molar-refractivity contribution in [3.05, 3.63) is 259 Å². The number of imidazole rings is 1. The molecule has 0 saturated heterocycles. The second-order valence-electron chi connectivity index (χ2n) is 19.7. The van der Waals surface area contributed by atoms with Gasteiger partial charge in [-0.25, -0.2) is 4.98 Å². The third-order valence-electron chi connectivity index (χ3n) is 14.1. The molecule has 5 nitrogen and oxygen atoms in total. The molecule has 0 fully saturated rings. The van der Waals surface area contributed by atoms with Gasteiger partial charge in [-0.05, 0) is 132 Å². The van der Waals surface area contributed by atoms with Crippen LogP contribution in [0, 0.1) is 32.2 Å². The van der Waals surface area contributed by atoms with Crippen molar-refractivity contribution in [2.45, 2.75) is 39.9 Å². The first kappa shape index (κ1) is 31.4. The van der Waals surface area contributed by atoms with Crippen LogP contribution in [0.15, 0.2) is 224 Å². The van der Waals surface area contributed by atoms with E-state index in [1.165, 1.54) is 28.8 Å². The minimum atomic E-state index is -2.92. The van der Waals surface area contributed by atoms with Gasteiger partial charge in [0.05, 0.1) is 35.9 Å². The van der Waals surface area contributed by atoms with Gasteiger partial charge >= 0.3 is 0 Å². The third-order valence-corrected chi connectivity index (χ3v) is 14.1. The van der Waals surface area contributed by atoms with Gasteiger partial charge in [0.2, 0.25) is 0 Å². The zero-order chi connectivity index (χ0) is 69.1. The minimum Gasteiger partial charge on any atom is -0.510 e. The summed E-state index contributed by atoms with van der Waals surface area (Å²) < 4.78 is 191. The number of hydrogen-bond acceptors (Lipinski definition) is 2. The fraction of sp³-hybridized carbons (Fsp3) is 0.0833. The largest absolute Gasteiger partial charge is 0.510 e. The molecule has 13 aromatic rings. The van der Waals surface area contributed by atoms with Crippen LogP contribution in [-0.2, 0) is 26.5 Å². The summed E-state index contributed by atoms with van der Waals surface area (Å²) in [7, 11) is 0. The topological polar surface area (TPSA) is 35.9 Å². The van der Waals surface area contributed by atoms with Crippen molar-refractivity contribution in [1.82, 2.24) is 14.1 Å². The van der Waals surface area contributed by atoms with Crippen LogP contribution in [-0.4, -0.2) is 14.1 Å². The number of aryl methyl sites for hydroxylation is 2.